The number of nitrogens with one attached hydrogen (secondary N) is 1. The highest BCUT2D eigenvalue weighted by Crippen LogP contribution is 2.20. The van der Waals surface area contributed by atoms with Crippen molar-refractivity contribution in [1.82, 2.24) is 5.32 Å². The van der Waals surface area contributed by atoms with Crippen LogP contribution in [0.4, 0.5) is 0 Å². The molecule has 1 amide bonds. The first-order chi connectivity index (χ1) is 7.53. The fourth-order valence-corrected chi connectivity index (χ4v) is 2.21. The normalized spacial score (nSPS) is 14.5. The highest BCUT2D eigenvalue weighted by Gasteiger charge is 2.29. The van der Waals surface area contributed by atoms with Gasteiger partial charge in [0, 0.05) is 13.1 Å². The third-order valence-corrected chi connectivity index (χ3v) is 4.09. The van der Waals surface area contributed by atoms with Crippen LogP contribution in [0.5, 0.6) is 0 Å². The molecule has 1 aromatic heterocycles. The van der Waals surface area contributed by atoms with Gasteiger partial charge in [-0.05, 0) is 42.2 Å². The van der Waals surface area contributed by atoms with Gasteiger partial charge >= 0.3 is 0 Å². The molecule has 3 nitrogen and oxygen atoms in total. The van der Waals surface area contributed by atoms with Crippen LogP contribution in [0.3, 0.4) is 0 Å². The number of carbonyl (C=O) groups is 1. The van der Waals surface area contributed by atoms with Crippen molar-refractivity contribution in [3.05, 3.63) is 21.9 Å². The van der Waals surface area contributed by atoms with Crippen molar-refractivity contribution in [2.75, 3.05) is 6.54 Å². The first-order valence-corrected chi connectivity index (χ1v) is 6.48. The van der Waals surface area contributed by atoms with E-state index in [0.29, 0.717) is 13.1 Å². The van der Waals surface area contributed by atoms with Gasteiger partial charge in [0.2, 0.25) is 5.91 Å². The number of thiophene rings is 1. The second kappa shape index (κ2) is 5.46. The van der Waals surface area contributed by atoms with Crippen molar-refractivity contribution in [2.45, 2.75) is 33.7 Å². The van der Waals surface area contributed by atoms with Gasteiger partial charge < -0.3 is 11.1 Å². The predicted molar refractivity (Wildman–Crippen MR) is 68.4 cm³/mol. The summed E-state index contributed by atoms with van der Waals surface area (Å²) in [6.07, 6.45) is 0.762. The number of nitrogens with two attached hydrogens (primary N) is 1. The molecule has 1 unspecified atom stereocenters. The van der Waals surface area contributed by atoms with Crippen molar-refractivity contribution in [1.29, 1.82) is 0 Å². The molecule has 0 aliphatic heterocycles. The summed E-state index contributed by atoms with van der Waals surface area (Å²) in [5.41, 5.74) is 7.62. The topological polar surface area (TPSA) is 55.1 Å². The van der Waals surface area contributed by atoms with E-state index in [9.17, 15) is 4.79 Å². The summed E-state index contributed by atoms with van der Waals surface area (Å²) in [7, 11) is 0. The lowest BCUT2D eigenvalue weighted by atomic mass is 9.86. The smallest absolute Gasteiger partial charge is 0.227 e. The number of rotatable bonds is 5. The van der Waals surface area contributed by atoms with E-state index in [-0.39, 0.29) is 5.91 Å². The van der Waals surface area contributed by atoms with Crippen LogP contribution in [0, 0.1) is 12.3 Å². The van der Waals surface area contributed by atoms with Gasteiger partial charge in [0.15, 0.2) is 0 Å². The molecule has 0 spiro atoms. The Bertz CT molecular complexity index is 356. The van der Waals surface area contributed by atoms with Crippen LogP contribution in [0.15, 0.2) is 10.8 Å². The molecule has 0 aliphatic carbocycles. The van der Waals surface area contributed by atoms with Gasteiger partial charge in [-0.1, -0.05) is 6.92 Å². The largest absolute Gasteiger partial charge is 0.351 e. The number of aryl methyl sites for hydroxylation is 1. The number of hydrogen-bond donors (Lipinski definition) is 2. The van der Waals surface area contributed by atoms with Crippen LogP contribution in [-0.2, 0) is 11.3 Å². The zero-order valence-electron chi connectivity index (χ0n) is 10.2. The van der Waals surface area contributed by atoms with Crippen molar-refractivity contribution in [2.24, 2.45) is 11.1 Å². The quantitative estimate of drug-likeness (QED) is 0.827. The molecule has 0 saturated heterocycles. The highest BCUT2D eigenvalue weighted by atomic mass is 32.1. The maximum atomic E-state index is 11.9. The maximum Gasteiger partial charge on any atom is 0.227 e. The number of hydrogen-bond acceptors (Lipinski definition) is 3. The molecular weight excluding hydrogens is 220 g/mol. The van der Waals surface area contributed by atoms with Crippen LogP contribution >= 0.6 is 11.3 Å². The molecular formula is C12H20N2OS. The fraction of sp³-hybridized carbons (Fsp3) is 0.583. The van der Waals surface area contributed by atoms with E-state index >= 15 is 0 Å². The SMILES string of the molecule is CCC(C)(CN)C(=O)NCc1cscc1C. The fourth-order valence-electron chi connectivity index (χ4n) is 1.35. The van der Waals surface area contributed by atoms with Crippen LogP contribution in [-0.4, -0.2) is 12.5 Å². The molecule has 0 radical (unpaired) electrons. The summed E-state index contributed by atoms with van der Waals surface area (Å²) < 4.78 is 0. The van der Waals surface area contributed by atoms with Crippen LogP contribution in [0.2, 0.25) is 0 Å². The molecule has 0 fully saturated rings. The second-order valence-corrected chi connectivity index (χ2v) is 5.12. The lowest BCUT2D eigenvalue weighted by Crippen LogP contribution is -2.43. The Morgan fingerprint density at radius 2 is 2.25 bits per heavy atom. The summed E-state index contributed by atoms with van der Waals surface area (Å²) in [6.45, 7) is 6.94. The summed E-state index contributed by atoms with van der Waals surface area (Å²) in [4.78, 5) is 11.9. The molecule has 0 aromatic carbocycles. The van der Waals surface area contributed by atoms with Gasteiger partial charge in [0.1, 0.15) is 0 Å². The Labute approximate surface area is 101 Å². The van der Waals surface area contributed by atoms with E-state index in [1.807, 2.05) is 13.8 Å². The van der Waals surface area contributed by atoms with E-state index in [2.05, 4.69) is 23.0 Å². The van der Waals surface area contributed by atoms with Crippen LogP contribution in [0.1, 0.15) is 31.4 Å². The Hall–Kier alpha value is -0.870. The van der Waals surface area contributed by atoms with Crippen LogP contribution < -0.4 is 11.1 Å². The van der Waals surface area contributed by atoms with Gasteiger partial charge in [-0.3, -0.25) is 4.79 Å². The first kappa shape index (κ1) is 13.2. The molecule has 3 N–H and O–H groups in total. The third kappa shape index (κ3) is 2.83. The van der Waals surface area contributed by atoms with E-state index in [1.165, 1.54) is 11.1 Å². The predicted octanol–water partition coefficient (Wildman–Crippen LogP) is 2.05. The maximum absolute atomic E-state index is 11.9. The van der Waals surface area contributed by atoms with Gasteiger partial charge in [-0.2, -0.15) is 11.3 Å². The van der Waals surface area contributed by atoms with Crippen molar-refractivity contribution >= 4 is 17.2 Å². The molecule has 1 aromatic rings. The Morgan fingerprint density at radius 3 is 2.69 bits per heavy atom. The summed E-state index contributed by atoms with van der Waals surface area (Å²) in [6, 6.07) is 0. The number of amides is 1. The molecule has 16 heavy (non-hydrogen) atoms. The minimum Gasteiger partial charge on any atom is -0.351 e. The van der Waals surface area contributed by atoms with Gasteiger partial charge in [-0.15, -0.1) is 0 Å². The molecule has 90 valence electrons. The minimum atomic E-state index is -0.441. The van der Waals surface area contributed by atoms with Crippen molar-refractivity contribution in [3.63, 3.8) is 0 Å². The monoisotopic (exact) mass is 240 g/mol. The van der Waals surface area contributed by atoms with Gasteiger partial charge in [0.25, 0.3) is 0 Å². The Kier molecular flexibility index (Phi) is 4.50. The molecule has 0 bridgehead atoms. The van der Waals surface area contributed by atoms with Crippen LogP contribution in [0.25, 0.3) is 0 Å². The first-order valence-electron chi connectivity index (χ1n) is 5.53. The minimum absolute atomic E-state index is 0.0445. The third-order valence-electron chi connectivity index (χ3n) is 3.18. The zero-order valence-corrected chi connectivity index (χ0v) is 11.0. The lowest BCUT2D eigenvalue weighted by molar-refractivity contribution is -0.130. The lowest BCUT2D eigenvalue weighted by Gasteiger charge is -2.24. The molecule has 1 rings (SSSR count). The molecule has 0 saturated carbocycles. The molecule has 4 heteroatoms. The Morgan fingerprint density at radius 1 is 1.56 bits per heavy atom. The van der Waals surface area contributed by atoms with Gasteiger partial charge in [0.05, 0.1) is 5.41 Å². The Balaban J connectivity index is 2.56. The number of carbonyl (C=O) groups excluding carboxylic acids is 1. The standard InChI is InChI=1S/C12H20N2OS/c1-4-12(3,8-13)11(15)14-5-10-7-16-6-9(10)2/h6-7H,4-5,8,13H2,1-3H3,(H,14,15). The second-order valence-electron chi connectivity index (χ2n) is 4.38. The van der Waals surface area contributed by atoms with E-state index in [0.717, 1.165) is 6.42 Å². The summed E-state index contributed by atoms with van der Waals surface area (Å²) >= 11 is 1.66. The van der Waals surface area contributed by atoms with E-state index in [1.54, 1.807) is 11.3 Å². The van der Waals surface area contributed by atoms with Crippen molar-refractivity contribution in [3.8, 4) is 0 Å². The average molecular weight is 240 g/mol. The molecule has 0 aliphatic rings. The zero-order chi connectivity index (χ0) is 12.2. The van der Waals surface area contributed by atoms with E-state index in [4.69, 9.17) is 5.73 Å². The van der Waals surface area contributed by atoms with E-state index < -0.39 is 5.41 Å². The highest BCUT2D eigenvalue weighted by molar-refractivity contribution is 7.08. The summed E-state index contributed by atoms with van der Waals surface area (Å²) in [5.74, 6) is 0.0445. The van der Waals surface area contributed by atoms with Crippen molar-refractivity contribution < 1.29 is 4.79 Å². The van der Waals surface area contributed by atoms with Gasteiger partial charge in [-0.25, -0.2) is 0 Å². The summed E-state index contributed by atoms with van der Waals surface area (Å²) in [5, 5.41) is 7.11. The molecule has 1 atom stereocenters. The average Bonchev–Trinajstić information content (AvgIpc) is 2.70. The molecule has 1 heterocycles.